The Balaban J connectivity index is 1.67. The van der Waals surface area contributed by atoms with Gasteiger partial charge in [0, 0.05) is 16.2 Å². The molecule has 1 atom stereocenters. The fraction of sp³-hybridized carbons (Fsp3) is 0.111. The van der Waals surface area contributed by atoms with Gasteiger partial charge in [-0.3, -0.25) is 9.59 Å². The van der Waals surface area contributed by atoms with Crippen LogP contribution in [0.25, 0.3) is 6.08 Å². The molecule has 0 saturated carbocycles. The smallest absolute Gasteiger partial charge is 0.265 e. The van der Waals surface area contributed by atoms with Gasteiger partial charge in [0.2, 0.25) is 5.91 Å². The van der Waals surface area contributed by atoms with Crippen LogP contribution in [-0.4, -0.2) is 17.9 Å². The second-order valence-corrected chi connectivity index (χ2v) is 6.25. The summed E-state index contributed by atoms with van der Waals surface area (Å²) in [5.41, 5.74) is 2.05. The topological polar surface area (TPSA) is 67.4 Å². The standard InChI is InChI=1S/C18H15BrN2O3/c1-11-18(23)21-15-10-14(7-8-16(15)24-11)20-17(22)9-4-12-2-5-13(19)6-3-12/h2-11H,1H3,(H,20,22)(H,21,23)/b9-4+/t11-/m0/s1. The average molecular weight is 387 g/mol. The summed E-state index contributed by atoms with van der Waals surface area (Å²) in [6.07, 6.45) is 2.67. The Hall–Kier alpha value is -2.60. The van der Waals surface area contributed by atoms with E-state index in [1.807, 2.05) is 24.3 Å². The largest absolute Gasteiger partial charge is 0.479 e. The third-order valence-electron chi connectivity index (χ3n) is 3.48. The molecular formula is C18H15BrN2O3. The van der Waals surface area contributed by atoms with E-state index in [4.69, 9.17) is 4.74 Å². The van der Waals surface area contributed by atoms with Crippen molar-refractivity contribution in [2.75, 3.05) is 10.6 Å². The summed E-state index contributed by atoms with van der Waals surface area (Å²) in [5.74, 6) is 0.126. The van der Waals surface area contributed by atoms with Gasteiger partial charge in [0.15, 0.2) is 6.10 Å². The molecule has 122 valence electrons. The van der Waals surface area contributed by atoms with Crippen LogP contribution in [0.5, 0.6) is 5.75 Å². The number of nitrogens with one attached hydrogen (secondary N) is 2. The number of carbonyl (C=O) groups is 2. The third kappa shape index (κ3) is 3.83. The van der Waals surface area contributed by atoms with E-state index in [0.717, 1.165) is 10.0 Å². The number of benzene rings is 2. The molecule has 2 amide bonds. The fourth-order valence-electron chi connectivity index (χ4n) is 2.22. The number of ether oxygens (including phenoxy) is 1. The number of fused-ring (bicyclic) bond motifs is 1. The molecular weight excluding hydrogens is 372 g/mol. The first-order valence-corrected chi connectivity index (χ1v) is 8.17. The Morgan fingerprint density at radius 1 is 1.25 bits per heavy atom. The molecule has 0 bridgehead atoms. The molecule has 2 N–H and O–H groups in total. The van der Waals surface area contributed by atoms with Crippen LogP contribution in [0.2, 0.25) is 0 Å². The first-order chi connectivity index (χ1) is 11.5. The van der Waals surface area contributed by atoms with E-state index in [0.29, 0.717) is 17.1 Å². The van der Waals surface area contributed by atoms with Gasteiger partial charge < -0.3 is 15.4 Å². The predicted octanol–water partition coefficient (Wildman–Crippen LogP) is 3.82. The highest BCUT2D eigenvalue weighted by molar-refractivity contribution is 9.10. The second kappa shape index (κ2) is 6.88. The molecule has 2 aromatic rings. The summed E-state index contributed by atoms with van der Waals surface area (Å²) >= 11 is 3.36. The van der Waals surface area contributed by atoms with Crippen LogP contribution < -0.4 is 15.4 Å². The molecule has 0 unspecified atom stereocenters. The van der Waals surface area contributed by atoms with Gasteiger partial charge in [-0.1, -0.05) is 28.1 Å². The third-order valence-corrected chi connectivity index (χ3v) is 4.00. The lowest BCUT2D eigenvalue weighted by molar-refractivity contribution is -0.122. The van der Waals surface area contributed by atoms with E-state index in [1.165, 1.54) is 6.08 Å². The maximum Gasteiger partial charge on any atom is 0.265 e. The maximum absolute atomic E-state index is 12.0. The highest BCUT2D eigenvalue weighted by atomic mass is 79.9. The van der Waals surface area contributed by atoms with Crippen LogP contribution >= 0.6 is 15.9 Å². The zero-order chi connectivity index (χ0) is 17.1. The summed E-state index contributed by atoms with van der Waals surface area (Å²) < 4.78 is 6.46. The zero-order valence-electron chi connectivity index (χ0n) is 12.9. The molecule has 3 rings (SSSR count). The van der Waals surface area contributed by atoms with Crippen molar-refractivity contribution >= 4 is 45.2 Å². The van der Waals surface area contributed by atoms with Crippen molar-refractivity contribution in [2.24, 2.45) is 0 Å². The number of rotatable bonds is 3. The predicted molar refractivity (Wildman–Crippen MR) is 97.0 cm³/mol. The first kappa shape index (κ1) is 16.3. The number of anilines is 2. The molecule has 24 heavy (non-hydrogen) atoms. The van der Waals surface area contributed by atoms with Crippen molar-refractivity contribution in [3.8, 4) is 5.75 Å². The van der Waals surface area contributed by atoms with Crippen LogP contribution in [0, 0.1) is 0 Å². The van der Waals surface area contributed by atoms with E-state index >= 15 is 0 Å². The molecule has 0 fully saturated rings. The summed E-state index contributed by atoms with van der Waals surface area (Å²) in [7, 11) is 0. The van der Waals surface area contributed by atoms with Gasteiger partial charge in [0.1, 0.15) is 5.75 Å². The van der Waals surface area contributed by atoms with Gasteiger partial charge in [-0.2, -0.15) is 0 Å². The minimum Gasteiger partial charge on any atom is -0.479 e. The highest BCUT2D eigenvalue weighted by Gasteiger charge is 2.23. The molecule has 2 aromatic carbocycles. The normalized spacial score (nSPS) is 16.2. The SMILES string of the molecule is C[C@@H]1Oc2ccc(NC(=O)/C=C/c3ccc(Br)cc3)cc2NC1=O. The molecule has 0 aromatic heterocycles. The Morgan fingerprint density at radius 2 is 2.00 bits per heavy atom. The Bertz CT molecular complexity index is 816. The number of amides is 2. The van der Waals surface area contributed by atoms with Crippen LogP contribution in [0.15, 0.2) is 53.0 Å². The van der Waals surface area contributed by atoms with Gasteiger partial charge >= 0.3 is 0 Å². The summed E-state index contributed by atoms with van der Waals surface area (Å²) in [5, 5.41) is 5.51. The van der Waals surface area contributed by atoms with Gasteiger partial charge in [-0.15, -0.1) is 0 Å². The van der Waals surface area contributed by atoms with E-state index in [-0.39, 0.29) is 11.8 Å². The minimum absolute atomic E-state index is 0.207. The van der Waals surface area contributed by atoms with Gasteiger partial charge in [0.25, 0.3) is 5.91 Å². The summed E-state index contributed by atoms with van der Waals surface area (Å²) in [6.45, 7) is 1.68. The molecule has 6 heteroatoms. The first-order valence-electron chi connectivity index (χ1n) is 7.37. The molecule has 0 saturated heterocycles. The van der Waals surface area contributed by atoms with Gasteiger partial charge in [-0.05, 0) is 48.9 Å². The minimum atomic E-state index is -0.521. The van der Waals surface area contributed by atoms with Gasteiger partial charge in [0.05, 0.1) is 5.69 Å². The van der Waals surface area contributed by atoms with Gasteiger partial charge in [-0.25, -0.2) is 0 Å². The maximum atomic E-state index is 12.0. The van der Waals surface area contributed by atoms with E-state index in [9.17, 15) is 9.59 Å². The summed E-state index contributed by atoms with van der Waals surface area (Å²) in [4.78, 5) is 23.6. The number of carbonyl (C=O) groups excluding carboxylic acids is 2. The van der Waals surface area contributed by atoms with E-state index in [2.05, 4.69) is 26.6 Å². The number of hydrogen-bond acceptors (Lipinski definition) is 3. The van der Waals surface area contributed by atoms with E-state index in [1.54, 1.807) is 31.2 Å². The number of hydrogen-bond donors (Lipinski definition) is 2. The zero-order valence-corrected chi connectivity index (χ0v) is 14.5. The van der Waals surface area contributed by atoms with Crippen LogP contribution in [0.1, 0.15) is 12.5 Å². The molecule has 1 aliphatic rings. The quantitative estimate of drug-likeness (QED) is 0.787. The van der Waals surface area contributed by atoms with Crippen molar-refractivity contribution < 1.29 is 14.3 Å². The molecule has 1 heterocycles. The van der Waals surface area contributed by atoms with Crippen molar-refractivity contribution in [3.05, 3.63) is 58.6 Å². The lowest BCUT2D eigenvalue weighted by Crippen LogP contribution is -2.34. The highest BCUT2D eigenvalue weighted by Crippen LogP contribution is 2.32. The van der Waals surface area contributed by atoms with Crippen molar-refractivity contribution in [3.63, 3.8) is 0 Å². The molecule has 0 spiro atoms. The Labute approximate surface area is 147 Å². The van der Waals surface area contributed by atoms with Crippen molar-refractivity contribution in [2.45, 2.75) is 13.0 Å². The molecule has 5 nitrogen and oxygen atoms in total. The van der Waals surface area contributed by atoms with Crippen LogP contribution in [0.4, 0.5) is 11.4 Å². The molecule has 0 aliphatic carbocycles. The van der Waals surface area contributed by atoms with Crippen LogP contribution in [-0.2, 0) is 9.59 Å². The second-order valence-electron chi connectivity index (χ2n) is 5.33. The number of halogens is 1. The Morgan fingerprint density at radius 3 is 2.75 bits per heavy atom. The Kier molecular flexibility index (Phi) is 4.66. The summed E-state index contributed by atoms with van der Waals surface area (Å²) in [6, 6.07) is 12.7. The fourth-order valence-corrected chi connectivity index (χ4v) is 2.48. The lowest BCUT2D eigenvalue weighted by atomic mass is 10.2. The van der Waals surface area contributed by atoms with Crippen molar-refractivity contribution in [1.82, 2.24) is 0 Å². The van der Waals surface area contributed by atoms with E-state index < -0.39 is 6.10 Å². The molecule has 1 aliphatic heterocycles. The average Bonchev–Trinajstić information content (AvgIpc) is 2.56. The molecule has 0 radical (unpaired) electrons. The van der Waals surface area contributed by atoms with Crippen molar-refractivity contribution in [1.29, 1.82) is 0 Å². The lowest BCUT2D eigenvalue weighted by Gasteiger charge is -2.23. The van der Waals surface area contributed by atoms with Crippen LogP contribution in [0.3, 0.4) is 0 Å². The monoisotopic (exact) mass is 386 g/mol.